The van der Waals surface area contributed by atoms with Crippen molar-refractivity contribution >= 4 is 0 Å². The molecule has 1 heteroatoms. The van der Waals surface area contributed by atoms with Gasteiger partial charge in [-0.1, -0.05) is 13.3 Å². The van der Waals surface area contributed by atoms with Gasteiger partial charge in [0, 0.05) is 18.1 Å². The van der Waals surface area contributed by atoms with E-state index in [0.717, 1.165) is 12.0 Å². The quantitative estimate of drug-likeness (QED) is 0.583. The van der Waals surface area contributed by atoms with Crippen LogP contribution in [0.25, 0.3) is 0 Å². The second kappa shape index (κ2) is 3.37. The van der Waals surface area contributed by atoms with Gasteiger partial charge in [0.15, 0.2) is 0 Å². The number of nitrogens with zero attached hydrogens (tertiary/aromatic N) is 1. The van der Waals surface area contributed by atoms with Crippen LogP contribution in [0.4, 0.5) is 0 Å². The summed E-state index contributed by atoms with van der Waals surface area (Å²) >= 11 is 0. The van der Waals surface area contributed by atoms with Crippen LogP contribution in [0.5, 0.6) is 0 Å². The maximum Gasteiger partial charge on any atom is 0.0127 e. The normalized spacial score (nSPS) is 32.8. The molecule has 1 aliphatic rings. The minimum absolute atomic E-state index is 0.364. The van der Waals surface area contributed by atoms with Crippen molar-refractivity contribution < 1.29 is 0 Å². The van der Waals surface area contributed by atoms with E-state index >= 15 is 0 Å². The molecule has 0 N–H and O–H groups in total. The Morgan fingerprint density at radius 2 is 1.92 bits per heavy atom. The predicted octanol–water partition coefficient (Wildman–Crippen LogP) is 2.91. The van der Waals surface area contributed by atoms with Crippen LogP contribution in [0.2, 0.25) is 0 Å². The monoisotopic (exact) mass is 169 g/mol. The van der Waals surface area contributed by atoms with Crippen LogP contribution in [0.3, 0.4) is 0 Å². The third-order valence-electron chi connectivity index (χ3n) is 3.10. The summed E-state index contributed by atoms with van der Waals surface area (Å²) in [4.78, 5) is 2.64. The summed E-state index contributed by atoms with van der Waals surface area (Å²) < 4.78 is 0. The van der Waals surface area contributed by atoms with Crippen LogP contribution in [-0.4, -0.2) is 23.0 Å². The van der Waals surface area contributed by atoms with Crippen LogP contribution in [-0.2, 0) is 0 Å². The van der Waals surface area contributed by atoms with Crippen molar-refractivity contribution in [3.63, 3.8) is 0 Å². The van der Waals surface area contributed by atoms with E-state index in [1.54, 1.807) is 0 Å². The van der Waals surface area contributed by atoms with E-state index in [2.05, 4.69) is 39.5 Å². The first-order valence-corrected chi connectivity index (χ1v) is 5.22. The smallest absolute Gasteiger partial charge is 0.0127 e. The molecule has 0 aromatic heterocycles. The molecule has 0 radical (unpaired) electrons. The molecule has 12 heavy (non-hydrogen) atoms. The Morgan fingerprint density at radius 1 is 1.33 bits per heavy atom. The van der Waals surface area contributed by atoms with E-state index < -0.39 is 0 Å². The Balaban J connectivity index is 2.58. The van der Waals surface area contributed by atoms with E-state index in [4.69, 9.17) is 0 Å². The molecule has 1 rings (SSSR count). The third kappa shape index (κ3) is 2.01. The standard InChI is InChI=1S/C11H23N/c1-6-10-7-9(2)12(8-10)11(3,4)5/h9-10H,6-8H2,1-5H3/t9-,10?/m1/s1. The van der Waals surface area contributed by atoms with E-state index in [9.17, 15) is 0 Å². The number of likely N-dealkylation sites (tertiary alicyclic amines) is 1. The Hall–Kier alpha value is -0.0400. The average molecular weight is 169 g/mol. The van der Waals surface area contributed by atoms with Gasteiger partial charge >= 0.3 is 0 Å². The molecule has 1 aliphatic heterocycles. The van der Waals surface area contributed by atoms with E-state index in [-0.39, 0.29) is 0 Å². The summed E-state index contributed by atoms with van der Waals surface area (Å²) in [5.74, 6) is 0.944. The molecule has 0 amide bonds. The van der Waals surface area contributed by atoms with Gasteiger partial charge in [-0.2, -0.15) is 0 Å². The van der Waals surface area contributed by atoms with Gasteiger partial charge in [0.05, 0.1) is 0 Å². The van der Waals surface area contributed by atoms with Gasteiger partial charge in [-0.15, -0.1) is 0 Å². The Morgan fingerprint density at radius 3 is 2.17 bits per heavy atom. The zero-order valence-corrected chi connectivity index (χ0v) is 9.22. The van der Waals surface area contributed by atoms with Crippen LogP contribution in [0.1, 0.15) is 47.5 Å². The van der Waals surface area contributed by atoms with Crippen molar-refractivity contribution in [2.75, 3.05) is 6.54 Å². The summed E-state index contributed by atoms with van der Waals surface area (Å²) in [7, 11) is 0. The van der Waals surface area contributed by atoms with Crippen molar-refractivity contribution in [3.05, 3.63) is 0 Å². The van der Waals surface area contributed by atoms with E-state index in [1.165, 1.54) is 19.4 Å². The minimum Gasteiger partial charge on any atom is -0.296 e. The molecule has 2 atom stereocenters. The van der Waals surface area contributed by atoms with E-state index in [1.807, 2.05) is 0 Å². The maximum absolute atomic E-state index is 2.64. The molecular weight excluding hydrogens is 146 g/mol. The highest BCUT2D eigenvalue weighted by Crippen LogP contribution is 2.31. The van der Waals surface area contributed by atoms with Crippen LogP contribution in [0, 0.1) is 5.92 Å². The lowest BCUT2D eigenvalue weighted by molar-refractivity contribution is 0.127. The highest BCUT2D eigenvalue weighted by Gasteiger charge is 2.34. The molecule has 0 bridgehead atoms. The molecule has 0 aromatic carbocycles. The summed E-state index contributed by atoms with van der Waals surface area (Å²) in [5, 5.41) is 0. The number of rotatable bonds is 1. The van der Waals surface area contributed by atoms with Crippen molar-refractivity contribution in [2.45, 2.75) is 59.0 Å². The molecular formula is C11H23N. The highest BCUT2D eigenvalue weighted by atomic mass is 15.2. The van der Waals surface area contributed by atoms with Gasteiger partial charge in [0.2, 0.25) is 0 Å². The topological polar surface area (TPSA) is 3.24 Å². The summed E-state index contributed by atoms with van der Waals surface area (Å²) in [6.07, 6.45) is 2.74. The van der Waals surface area contributed by atoms with Crippen LogP contribution < -0.4 is 0 Å². The van der Waals surface area contributed by atoms with Gasteiger partial charge in [0.1, 0.15) is 0 Å². The van der Waals surface area contributed by atoms with E-state index in [0.29, 0.717) is 5.54 Å². The molecule has 72 valence electrons. The summed E-state index contributed by atoms with van der Waals surface area (Å²) in [6.45, 7) is 12.9. The van der Waals surface area contributed by atoms with Crippen molar-refractivity contribution in [1.82, 2.24) is 4.90 Å². The fraction of sp³-hybridized carbons (Fsp3) is 1.00. The SMILES string of the molecule is CCC1C[C@@H](C)N(C(C)(C)C)C1. The van der Waals surface area contributed by atoms with Gasteiger partial charge in [-0.25, -0.2) is 0 Å². The average Bonchev–Trinajstić information content (AvgIpc) is 2.29. The maximum atomic E-state index is 2.64. The van der Waals surface area contributed by atoms with Gasteiger partial charge in [-0.3, -0.25) is 4.90 Å². The van der Waals surface area contributed by atoms with Gasteiger partial charge < -0.3 is 0 Å². The lowest BCUT2D eigenvalue weighted by Crippen LogP contribution is -2.43. The van der Waals surface area contributed by atoms with Crippen LogP contribution in [0.15, 0.2) is 0 Å². The molecule has 1 unspecified atom stereocenters. The van der Waals surface area contributed by atoms with Crippen LogP contribution >= 0.6 is 0 Å². The number of hydrogen-bond donors (Lipinski definition) is 0. The molecule has 1 nitrogen and oxygen atoms in total. The lowest BCUT2D eigenvalue weighted by atomic mass is 10.0. The largest absolute Gasteiger partial charge is 0.296 e. The second-order valence-corrected chi connectivity index (χ2v) is 5.18. The first-order valence-electron chi connectivity index (χ1n) is 5.22. The van der Waals surface area contributed by atoms with Crippen molar-refractivity contribution in [3.8, 4) is 0 Å². The first-order chi connectivity index (χ1) is 5.45. The van der Waals surface area contributed by atoms with Gasteiger partial charge in [0.25, 0.3) is 0 Å². The Labute approximate surface area is 77.1 Å². The molecule has 0 aliphatic carbocycles. The van der Waals surface area contributed by atoms with Crippen molar-refractivity contribution in [1.29, 1.82) is 0 Å². The molecule has 0 saturated carbocycles. The zero-order valence-electron chi connectivity index (χ0n) is 9.22. The molecule has 0 spiro atoms. The lowest BCUT2D eigenvalue weighted by Gasteiger charge is -2.35. The second-order valence-electron chi connectivity index (χ2n) is 5.18. The number of hydrogen-bond acceptors (Lipinski definition) is 1. The summed E-state index contributed by atoms with van der Waals surface area (Å²) in [6, 6.07) is 0.787. The Kier molecular flexibility index (Phi) is 2.82. The molecule has 1 heterocycles. The fourth-order valence-electron chi connectivity index (χ4n) is 2.37. The summed E-state index contributed by atoms with van der Waals surface area (Å²) in [5.41, 5.74) is 0.364. The third-order valence-corrected chi connectivity index (χ3v) is 3.10. The molecule has 0 aromatic rings. The first kappa shape index (κ1) is 10.0. The zero-order chi connectivity index (χ0) is 9.35. The predicted molar refractivity (Wildman–Crippen MR) is 54.3 cm³/mol. The highest BCUT2D eigenvalue weighted by molar-refractivity contribution is 4.89. The molecule has 1 saturated heterocycles. The Bertz CT molecular complexity index is 146. The fourth-order valence-corrected chi connectivity index (χ4v) is 2.37. The molecule has 1 fully saturated rings. The van der Waals surface area contributed by atoms with Crippen molar-refractivity contribution in [2.24, 2.45) is 5.92 Å². The minimum atomic E-state index is 0.364. The van der Waals surface area contributed by atoms with Gasteiger partial charge in [-0.05, 0) is 40.0 Å².